The molecule has 0 spiro atoms. The van der Waals surface area contributed by atoms with Gasteiger partial charge in [0.25, 0.3) is 0 Å². The molecule has 2 N–H and O–H groups in total. The normalized spacial score (nSPS) is 16.1. The van der Waals surface area contributed by atoms with E-state index in [9.17, 15) is 24.0 Å². The fourth-order valence-corrected chi connectivity index (χ4v) is 4.52. The molecule has 1 aliphatic heterocycles. The molecule has 1 fully saturated rings. The predicted molar refractivity (Wildman–Crippen MR) is 147 cm³/mol. The minimum absolute atomic E-state index is 0.0877. The lowest BCUT2D eigenvalue weighted by molar-refractivity contribution is -0.152. The van der Waals surface area contributed by atoms with Crippen LogP contribution < -0.4 is 10.6 Å². The fraction of sp³-hybridized carbons (Fsp3) is 0.433. The van der Waals surface area contributed by atoms with E-state index in [0.717, 1.165) is 18.2 Å². The molecule has 214 valence electrons. The van der Waals surface area contributed by atoms with Crippen LogP contribution in [0.15, 0.2) is 60.7 Å². The Labute approximate surface area is 234 Å². The van der Waals surface area contributed by atoms with E-state index >= 15 is 0 Å². The highest BCUT2D eigenvalue weighted by molar-refractivity contribution is 6.33. The third-order valence-electron chi connectivity index (χ3n) is 6.86. The van der Waals surface area contributed by atoms with E-state index in [0.29, 0.717) is 19.4 Å². The van der Waals surface area contributed by atoms with Crippen molar-refractivity contribution in [1.82, 2.24) is 15.5 Å². The summed E-state index contributed by atoms with van der Waals surface area (Å²) >= 11 is 0. The molecule has 3 rings (SSSR count). The molecule has 0 bridgehead atoms. The Morgan fingerprint density at radius 2 is 1.55 bits per heavy atom. The van der Waals surface area contributed by atoms with E-state index in [2.05, 4.69) is 15.4 Å². The molecular weight excluding hydrogens is 514 g/mol. The van der Waals surface area contributed by atoms with E-state index in [1.165, 1.54) is 4.90 Å². The van der Waals surface area contributed by atoms with Crippen molar-refractivity contribution in [3.8, 4) is 0 Å². The second-order valence-electron chi connectivity index (χ2n) is 10.1. The number of Topliss-reactive ketones (excluding diaryl/α,β-unsaturated/α-hetero) is 1. The van der Waals surface area contributed by atoms with Crippen LogP contribution in [0.1, 0.15) is 44.2 Å². The van der Waals surface area contributed by atoms with Gasteiger partial charge in [0.1, 0.15) is 18.7 Å². The maximum absolute atomic E-state index is 13.4. The number of nitrogens with one attached hydrogen (secondary N) is 2. The third-order valence-corrected chi connectivity index (χ3v) is 6.86. The summed E-state index contributed by atoms with van der Waals surface area (Å²) in [5, 5.41) is 5.65. The van der Waals surface area contributed by atoms with Crippen LogP contribution in [0.2, 0.25) is 0 Å². The number of ketones is 1. The van der Waals surface area contributed by atoms with Crippen LogP contribution in [0, 0.1) is 5.92 Å². The van der Waals surface area contributed by atoms with Gasteiger partial charge in [0.05, 0.1) is 7.11 Å². The Kier molecular flexibility index (Phi) is 11.2. The number of carbonyl (C=O) groups is 5. The number of benzene rings is 2. The van der Waals surface area contributed by atoms with E-state index in [1.807, 2.05) is 74.5 Å². The molecule has 40 heavy (non-hydrogen) atoms. The van der Waals surface area contributed by atoms with Crippen molar-refractivity contribution in [2.24, 2.45) is 5.92 Å². The van der Waals surface area contributed by atoms with Gasteiger partial charge in [0, 0.05) is 25.4 Å². The minimum atomic E-state index is -0.979. The first-order valence-electron chi connectivity index (χ1n) is 13.4. The number of methoxy groups -OCH3 is 1. The van der Waals surface area contributed by atoms with Crippen molar-refractivity contribution in [3.63, 3.8) is 0 Å². The third kappa shape index (κ3) is 8.65. The van der Waals surface area contributed by atoms with Crippen molar-refractivity contribution in [1.29, 1.82) is 0 Å². The van der Waals surface area contributed by atoms with Crippen molar-refractivity contribution >= 4 is 29.7 Å². The van der Waals surface area contributed by atoms with Gasteiger partial charge in [-0.1, -0.05) is 74.5 Å². The molecule has 1 saturated heterocycles. The van der Waals surface area contributed by atoms with Crippen molar-refractivity contribution < 1.29 is 33.4 Å². The molecule has 3 atom stereocenters. The Morgan fingerprint density at radius 1 is 0.925 bits per heavy atom. The Balaban J connectivity index is 1.71. The van der Waals surface area contributed by atoms with Crippen LogP contribution >= 0.6 is 0 Å². The van der Waals surface area contributed by atoms with Crippen LogP contribution in [-0.4, -0.2) is 66.3 Å². The highest BCUT2D eigenvalue weighted by Crippen LogP contribution is 2.20. The molecule has 10 heteroatoms. The van der Waals surface area contributed by atoms with Gasteiger partial charge in [0.15, 0.2) is 0 Å². The standard InChI is InChI=1S/C30H37N3O7/c1-20(2)23(18-26(34)29(37)39-3)31-27(35)24(17-21-11-6-4-7-12-21)32-28(36)25-15-10-16-33(25)30(38)40-19-22-13-8-5-9-14-22/h4-9,11-14,20,23-25H,10,15-19H2,1-3H3,(H,31,35)(H,32,36)/t23?,24-,25-/m0/s1. The van der Waals surface area contributed by atoms with Gasteiger partial charge >= 0.3 is 12.1 Å². The molecule has 0 aliphatic carbocycles. The molecule has 0 saturated carbocycles. The van der Waals surface area contributed by atoms with Gasteiger partial charge in [-0.3, -0.25) is 19.3 Å². The molecule has 2 aromatic rings. The number of esters is 1. The summed E-state index contributed by atoms with van der Waals surface area (Å²) in [7, 11) is 1.12. The summed E-state index contributed by atoms with van der Waals surface area (Å²) in [6.07, 6.45) is 0.435. The molecule has 2 aromatic carbocycles. The topological polar surface area (TPSA) is 131 Å². The first-order valence-corrected chi connectivity index (χ1v) is 13.4. The molecular formula is C30H37N3O7. The largest absolute Gasteiger partial charge is 0.463 e. The highest BCUT2D eigenvalue weighted by atomic mass is 16.6. The quantitative estimate of drug-likeness (QED) is 0.306. The lowest BCUT2D eigenvalue weighted by Gasteiger charge is -2.28. The number of likely N-dealkylation sites (tertiary alicyclic amines) is 1. The minimum Gasteiger partial charge on any atom is -0.463 e. The zero-order chi connectivity index (χ0) is 29.1. The summed E-state index contributed by atoms with van der Waals surface area (Å²) < 4.78 is 9.95. The molecule has 0 radical (unpaired) electrons. The summed E-state index contributed by atoms with van der Waals surface area (Å²) in [6, 6.07) is 16.1. The lowest BCUT2D eigenvalue weighted by Crippen LogP contribution is -2.56. The molecule has 10 nitrogen and oxygen atoms in total. The van der Waals surface area contributed by atoms with Gasteiger partial charge < -0.3 is 20.1 Å². The SMILES string of the molecule is COC(=O)C(=O)CC(NC(=O)[C@H](Cc1ccccc1)NC(=O)[C@@H]1CCCN1C(=O)OCc1ccccc1)C(C)C. The van der Waals surface area contributed by atoms with E-state index in [1.54, 1.807) is 0 Å². The van der Waals surface area contributed by atoms with Gasteiger partial charge in [-0.15, -0.1) is 0 Å². The maximum Gasteiger partial charge on any atom is 0.410 e. The van der Waals surface area contributed by atoms with Gasteiger partial charge in [-0.05, 0) is 29.9 Å². The smallest absolute Gasteiger partial charge is 0.410 e. The van der Waals surface area contributed by atoms with Crippen LogP contribution in [0.5, 0.6) is 0 Å². The zero-order valence-electron chi connectivity index (χ0n) is 23.1. The maximum atomic E-state index is 13.4. The second-order valence-corrected chi connectivity index (χ2v) is 10.1. The number of carbonyl (C=O) groups excluding carboxylic acids is 5. The first-order chi connectivity index (χ1) is 19.2. The van der Waals surface area contributed by atoms with Crippen LogP contribution in [0.4, 0.5) is 4.79 Å². The number of hydrogen-bond donors (Lipinski definition) is 2. The van der Waals surface area contributed by atoms with Crippen molar-refractivity contribution in [2.75, 3.05) is 13.7 Å². The van der Waals surface area contributed by atoms with Crippen LogP contribution in [0.25, 0.3) is 0 Å². The average molecular weight is 552 g/mol. The Morgan fingerprint density at radius 3 is 2.15 bits per heavy atom. The van der Waals surface area contributed by atoms with Crippen LogP contribution in [0.3, 0.4) is 0 Å². The van der Waals surface area contributed by atoms with E-state index in [-0.39, 0.29) is 25.4 Å². The Bertz CT molecular complexity index is 1170. The summed E-state index contributed by atoms with van der Waals surface area (Å²) in [5.41, 5.74) is 1.65. The van der Waals surface area contributed by atoms with Crippen LogP contribution in [-0.2, 0) is 41.7 Å². The molecule has 1 aliphatic rings. The van der Waals surface area contributed by atoms with Gasteiger partial charge in [0.2, 0.25) is 17.6 Å². The van der Waals surface area contributed by atoms with Crippen molar-refractivity contribution in [2.45, 2.75) is 64.3 Å². The van der Waals surface area contributed by atoms with Crippen molar-refractivity contribution in [3.05, 3.63) is 71.8 Å². The zero-order valence-corrected chi connectivity index (χ0v) is 23.1. The van der Waals surface area contributed by atoms with E-state index in [4.69, 9.17) is 4.74 Å². The number of rotatable bonds is 12. The first kappa shape index (κ1) is 30.3. The monoisotopic (exact) mass is 551 g/mol. The number of hydrogen-bond acceptors (Lipinski definition) is 7. The second kappa shape index (κ2) is 14.8. The van der Waals surface area contributed by atoms with Gasteiger partial charge in [-0.2, -0.15) is 0 Å². The van der Waals surface area contributed by atoms with Gasteiger partial charge in [-0.25, -0.2) is 9.59 Å². The average Bonchev–Trinajstić information content (AvgIpc) is 3.46. The fourth-order valence-electron chi connectivity index (χ4n) is 4.52. The van der Waals surface area contributed by atoms with E-state index < -0.39 is 47.8 Å². The predicted octanol–water partition coefficient (Wildman–Crippen LogP) is 2.79. The number of ether oxygens (including phenoxy) is 2. The number of nitrogens with zero attached hydrogens (tertiary/aromatic N) is 1. The number of amides is 3. The summed E-state index contributed by atoms with van der Waals surface area (Å²) in [6.45, 7) is 4.09. The summed E-state index contributed by atoms with van der Waals surface area (Å²) in [5.74, 6) is -2.85. The molecule has 1 heterocycles. The molecule has 1 unspecified atom stereocenters. The lowest BCUT2D eigenvalue weighted by atomic mass is 9.97. The Hall–Kier alpha value is -4.21. The highest BCUT2D eigenvalue weighted by Gasteiger charge is 2.37. The molecule has 3 amide bonds. The summed E-state index contributed by atoms with van der Waals surface area (Å²) in [4.78, 5) is 64.9. The molecule has 0 aromatic heterocycles.